The summed E-state index contributed by atoms with van der Waals surface area (Å²) >= 11 is 1.73. The molecular formula is C14H22N2OS. The van der Waals surface area contributed by atoms with E-state index >= 15 is 0 Å². The van der Waals surface area contributed by atoms with Gasteiger partial charge in [0.25, 0.3) is 0 Å². The number of thiazole rings is 1. The predicted octanol–water partition coefficient (Wildman–Crippen LogP) is 2.58. The van der Waals surface area contributed by atoms with Crippen LogP contribution in [-0.4, -0.2) is 33.7 Å². The highest BCUT2D eigenvalue weighted by Gasteiger charge is 2.42. The summed E-state index contributed by atoms with van der Waals surface area (Å²) < 4.78 is 0. The van der Waals surface area contributed by atoms with E-state index in [1.165, 1.54) is 25.0 Å². The van der Waals surface area contributed by atoms with Crippen molar-refractivity contribution < 1.29 is 5.11 Å². The number of hydrogen-bond acceptors (Lipinski definition) is 4. The summed E-state index contributed by atoms with van der Waals surface area (Å²) in [5.41, 5.74) is 0.839. The lowest BCUT2D eigenvalue weighted by Gasteiger charge is -2.47. The summed E-state index contributed by atoms with van der Waals surface area (Å²) in [7, 11) is 0. The Balaban J connectivity index is 1.63. The second-order valence-corrected chi connectivity index (χ2v) is 6.95. The van der Waals surface area contributed by atoms with Crippen LogP contribution in [0.3, 0.4) is 0 Å². The highest BCUT2D eigenvalue weighted by Crippen LogP contribution is 2.39. The molecule has 100 valence electrons. The Morgan fingerprint density at radius 2 is 2.39 bits per heavy atom. The molecule has 2 atom stereocenters. The zero-order valence-electron chi connectivity index (χ0n) is 11.1. The quantitative estimate of drug-likeness (QED) is 0.894. The summed E-state index contributed by atoms with van der Waals surface area (Å²) in [5.74, 6) is 0.486. The van der Waals surface area contributed by atoms with Crippen molar-refractivity contribution in [2.24, 2.45) is 5.92 Å². The normalized spacial score (nSPS) is 33.3. The van der Waals surface area contributed by atoms with Crippen LogP contribution >= 0.6 is 11.3 Å². The number of piperidine rings is 1. The molecule has 3 nitrogen and oxygen atoms in total. The van der Waals surface area contributed by atoms with E-state index in [-0.39, 0.29) is 5.60 Å². The van der Waals surface area contributed by atoms with Crippen molar-refractivity contribution in [3.8, 4) is 0 Å². The van der Waals surface area contributed by atoms with Crippen LogP contribution in [0.25, 0.3) is 0 Å². The smallest absolute Gasteiger partial charge is 0.0897 e. The SMILES string of the molecule is Cc1nc(CN2CCC3(O)CCCCC3C2)cs1. The van der Waals surface area contributed by atoms with Crippen LogP contribution in [0.1, 0.15) is 42.8 Å². The summed E-state index contributed by atoms with van der Waals surface area (Å²) in [4.78, 5) is 7.01. The van der Waals surface area contributed by atoms with Gasteiger partial charge in [-0.2, -0.15) is 0 Å². The van der Waals surface area contributed by atoms with Crippen LogP contribution < -0.4 is 0 Å². The van der Waals surface area contributed by atoms with Crippen molar-refractivity contribution in [1.29, 1.82) is 0 Å². The van der Waals surface area contributed by atoms with Crippen LogP contribution in [0, 0.1) is 12.8 Å². The van der Waals surface area contributed by atoms with Gasteiger partial charge in [-0.25, -0.2) is 4.98 Å². The molecule has 1 saturated heterocycles. The largest absolute Gasteiger partial charge is 0.390 e. The topological polar surface area (TPSA) is 36.4 Å². The summed E-state index contributed by atoms with van der Waals surface area (Å²) in [6.45, 7) is 5.08. The lowest BCUT2D eigenvalue weighted by Crippen LogP contribution is -2.52. The number of aromatic nitrogens is 1. The van der Waals surface area contributed by atoms with E-state index < -0.39 is 0 Å². The molecule has 0 aromatic carbocycles. The number of rotatable bonds is 2. The molecule has 3 rings (SSSR count). The first-order valence-corrected chi connectivity index (χ1v) is 7.89. The molecule has 2 heterocycles. The number of nitrogens with zero attached hydrogens (tertiary/aromatic N) is 2. The van der Waals surface area contributed by atoms with Crippen molar-refractivity contribution in [3.63, 3.8) is 0 Å². The van der Waals surface area contributed by atoms with E-state index in [0.29, 0.717) is 5.92 Å². The standard InChI is InChI=1S/C14H22N2OS/c1-11-15-13(10-18-11)9-16-7-6-14(17)5-3-2-4-12(14)8-16/h10,12,17H,2-9H2,1H3. The van der Waals surface area contributed by atoms with E-state index in [2.05, 4.69) is 22.2 Å². The highest BCUT2D eigenvalue weighted by atomic mass is 32.1. The molecule has 2 unspecified atom stereocenters. The van der Waals surface area contributed by atoms with Gasteiger partial charge in [0.15, 0.2) is 0 Å². The fourth-order valence-corrected chi connectivity index (χ4v) is 4.10. The Labute approximate surface area is 113 Å². The van der Waals surface area contributed by atoms with Crippen LogP contribution in [-0.2, 0) is 6.54 Å². The molecule has 0 amide bonds. The minimum atomic E-state index is -0.354. The molecule has 0 bridgehead atoms. The van der Waals surface area contributed by atoms with E-state index in [1.54, 1.807) is 11.3 Å². The van der Waals surface area contributed by atoms with Crippen molar-refractivity contribution in [1.82, 2.24) is 9.88 Å². The fraction of sp³-hybridized carbons (Fsp3) is 0.786. The molecule has 1 saturated carbocycles. The van der Waals surface area contributed by atoms with Crippen LogP contribution in [0.2, 0.25) is 0 Å². The third-order valence-corrected chi connectivity index (χ3v) is 5.39. The third-order valence-electron chi connectivity index (χ3n) is 4.56. The van der Waals surface area contributed by atoms with Gasteiger partial charge >= 0.3 is 0 Å². The average Bonchev–Trinajstić information content (AvgIpc) is 2.75. The summed E-state index contributed by atoms with van der Waals surface area (Å²) in [6.07, 6.45) is 5.65. The molecule has 2 fully saturated rings. The van der Waals surface area contributed by atoms with Gasteiger partial charge in [0, 0.05) is 30.9 Å². The molecular weight excluding hydrogens is 244 g/mol. The first kappa shape index (κ1) is 12.6. The molecule has 0 spiro atoms. The van der Waals surface area contributed by atoms with E-state index in [1.807, 2.05) is 0 Å². The minimum Gasteiger partial charge on any atom is -0.390 e. The van der Waals surface area contributed by atoms with Crippen LogP contribution in [0.4, 0.5) is 0 Å². The molecule has 18 heavy (non-hydrogen) atoms. The maximum absolute atomic E-state index is 10.6. The predicted molar refractivity (Wildman–Crippen MR) is 73.7 cm³/mol. The third kappa shape index (κ3) is 2.46. The zero-order chi connectivity index (χ0) is 12.6. The van der Waals surface area contributed by atoms with Gasteiger partial charge < -0.3 is 5.11 Å². The molecule has 1 aliphatic carbocycles. The van der Waals surface area contributed by atoms with Gasteiger partial charge in [0.05, 0.1) is 16.3 Å². The number of aliphatic hydroxyl groups is 1. The van der Waals surface area contributed by atoms with Crippen LogP contribution in [0.15, 0.2) is 5.38 Å². The van der Waals surface area contributed by atoms with Crippen molar-refractivity contribution in [3.05, 3.63) is 16.1 Å². The molecule has 1 N–H and O–H groups in total. The maximum Gasteiger partial charge on any atom is 0.0897 e. The average molecular weight is 266 g/mol. The first-order valence-electron chi connectivity index (χ1n) is 7.01. The molecule has 2 aliphatic rings. The van der Waals surface area contributed by atoms with E-state index in [0.717, 1.165) is 37.5 Å². The summed E-state index contributed by atoms with van der Waals surface area (Å²) in [5, 5.41) is 14.0. The van der Waals surface area contributed by atoms with Crippen molar-refractivity contribution in [2.45, 2.75) is 51.2 Å². The number of hydrogen-bond donors (Lipinski definition) is 1. The maximum atomic E-state index is 10.6. The number of likely N-dealkylation sites (tertiary alicyclic amines) is 1. The molecule has 1 aromatic rings. The zero-order valence-corrected chi connectivity index (χ0v) is 11.9. The second-order valence-electron chi connectivity index (χ2n) is 5.89. The monoisotopic (exact) mass is 266 g/mol. The first-order chi connectivity index (χ1) is 8.66. The van der Waals surface area contributed by atoms with Crippen molar-refractivity contribution >= 4 is 11.3 Å². The Morgan fingerprint density at radius 3 is 3.17 bits per heavy atom. The van der Waals surface area contributed by atoms with E-state index in [9.17, 15) is 5.11 Å². The van der Waals surface area contributed by atoms with Gasteiger partial charge in [-0.1, -0.05) is 12.8 Å². The Kier molecular flexibility index (Phi) is 3.43. The lowest BCUT2D eigenvalue weighted by atomic mass is 9.71. The number of aryl methyl sites for hydroxylation is 1. The summed E-state index contributed by atoms with van der Waals surface area (Å²) in [6, 6.07) is 0. The van der Waals surface area contributed by atoms with Gasteiger partial charge in [-0.05, 0) is 26.2 Å². The number of fused-ring (bicyclic) bond motifs is 1. The van der Waals surface area contributed by atoms with E-state index in [4.69, 9.17) is 0 Å². The molecule has 0 radical (unpaired) electrons. The van der Waals surface area contributed by atoms with Crippen LogP contribution in [0.5, 0.6) is 0 Å². The molecule has 1 aromatic heterocycles. The highest BCUT2D eigenvalue weighted by molar-refractivity contribution is 7.09. The van der Waals surface area contributed by atoms with Gasteiger partial charge in [-0.3, -0.25) is 4.90 Å². The Hall–Kier alpha value is -0.450. The molecule has 1 aliphatic heterocycles. The van der Waals surface area contributed by atoms with Gasteiger partial charge in [0.1, 0.15) is 0 Å². The molecule has 4 heteroatoms. The second kappa shape index (κ2) is 4.91. The minimum absolute atomic E-state index is 0.354. The Bertz CT molecular complexity index is 420. The van der Waals surface area contributed by atoms with Gasteiger partial charge in [-0.15, -0.1) is 11.3 Å². The van der Waals surface area contributed by atoms with Gasteiger partial charge in [0.2, 0.25) is 0 Å². The Morgan fingerprint density at radius 1 is 1.50 bits per heavy atom. The van der Waals surface area contributed by atoms with Crippen molar-refractivity contribution in [2.75, 3.05) is 13.1 Å². The fourth-order valence-electron chi connectivity index (χ4n) is 3.49. The lowest BCUT2D eigenvalue weighted by molar-refractivity contribution is -0.0969.